The van der Waals surface area contributed by atoms with E-state index in [1.807, 2.05) is 0 Å². The number of ether oxygens (including phenoxy) is 2. The maximum atomic E-state index is 12.6. The van der Waals surface area contributed by atoms with E-state index in [2.05, 4.69) is 10.3 Å². The molecule has 1 N–H and O–H groups in total. The Hall–Kier alpha value is -2.35. The third-order valence-electron chi connectivity index (χ3n) is 3.47. The number of hydrogen-bond acceptors (Lipinski definition) is 5. The molecule has 134 valence electrons. The van der Waals surface area contributed by atoms with Crippen LogP contribution in [-0.2, 0) is 0 Å². The van der Waals surface area contributed by atoms with E-state index in [1.54, 1.807) is 25.1 Å². The van der Waals surface area contributed by atoms with Gasteiger partial charge in [0.15, 0.2) is 0 Å². The van der Waals surface area contributed by atoms with Gasteiger partial charge in [0, 0.05) is 11.8 Å². The average Bonchev–Trinajstić information content (AvgIpc) is 2.60. The van der Waals surface area contributed by atoms with Crippen molar-refractivity contribution in [1.82, 2.24) is 10.3 Å². The van der Waals surface area contributed by atoms with E-state index in [-0.39, 0.29) is 22.4 Å². The molecule has 8 heteroatoms. The van der Waals surface area contributed by atoms with Gasteiger partial charge in [-0.05, 0) is 49.0 Å². The molecule has 25 heavy (non-hydrogen) atoms. The number of alkyl halides is 2. The summed E-state index contributed by atoms with van der Waals surface area (Å²) in [4.78, 5) is 16.4. The van der Waals surface area contributed by atoms with Crippen molar-refractivity contribution in [1.29, 1.82) is 0 Å². The average molecular weight is 368 g/mol. The third-order valence-corrected chi connectivity index (χ3v) is 4.19. The van der Waals surface area contributed by atoms with Gasteiger partial charge in [-0.1, -0.05) is 0 Å². The van der Waals surface area contributed by atoms with Crippen LogP contribution in [0.4, 0.5) is 8.78 Å². The van der Waals surface area contributed by atoms with Crippen LogP contribution in [0.3, 0.4) is 0 Å². The van der Waals surface area contributed by atoms with E-state index in [1.165, 1.54) is 32.5 Å². The van der Waals surface area contributed by atoms with Crippen LogP contribution < -0.4 is 14.8 Å². The molecule has 1 atom stereocenters. The van der Waals surface area contributed by atoms with Crippen LogP contribution >= 0.6 is 11.8 Å². The first kappa shape index (κ1) is 19.0. The van der Waals surface area contributed by atoms with Crippen molar-refractivity contribution in [3.63, 3.8) is 0 Å². The molecule has 0 spiro atoms. The molecule has 2 rings (SSSR count). The van der Waals surface area contributed by atoms with Gasteiger partial charge >= 0.3 is 0 Å². The molecule has 0 aliphatic heterocycles. The quantitative estimate of drug-likeness (QED) is 0.751. The molecule has 0 fully saturated rings. The Bertz CT molecular complexity index is 744. The van der Waals surface area contributed by atoms with Crippen LogP contribution in [0, 0.1) is 0 Å². The maximum absolute atomic E-state index is 12.6. The molecular weight excluding hydrogens is 350 g/mol. The van der Waals surface area contributed by atoms with Crippen molar-refractivity contribution >= 4 is 17.7 Å². The van der Waals surface area contributed by atoms with Crippen molar-refractivity contribution in [3.8, 4) is 11.5 Å². The molecule has 1 amide bonds. The summed E-state index contributed by atoms with van der Waals surface area (Å²) in [5.41, 5.74) is 0.809. The van der Waals surface area contributed by atoms with Crippen LogP contribution in [-0.4, -0.2) is 30.9 Å². The number of carbonyl (C=O) groups excluding carboxylic acids is 1. The first-order valence-corrected chi connectivity index (χ1v) is 8.26. The lowest BCUT2D eigenvalue weighted by Gasteiger charge is -2.19. The first-order valence-electron chi connectivity index (χ1n) is 7.39. The molecule has 0 bridgehead atoms. The predicted octanol–water partition coefficient (Wildman–Crippen LogP) is 3.90. The molecule has 1 heterocycles. The monoisotopic (exact) mass is 368 g/mol. The highest BCUT2D eigenvalue weighted by atomic mass is 32.2. The molecule has 5 nitrogen and oxygen atoms in total. The number of pyridine rings is 1. The smallest absolute Gasteiger partial charge is 0.290 e. The Morgan fingerprint density at radius 2 is 2.00 bits per heavy atom. The Labute approximate surface area is 148 Å². The summed E-state index contributed by atoms with van der Waals surface area (Å²) in [6, 6.07) is 7.79. The Morgan fingerprint density at radius 1 is 1.24 bits per heavy atom. The van der Waals surface area contributed by atoms with Gasteiger partial charge in [-0.2, -0.15) is 8.78 Å². The molecule has 1 aromatic heterocycles. The number of nitrogens with one attached hydrogen (secondary N) is 1. The number of carbonyl (C=O) groups is 1. The number of amides is 1. The number of aromatic nitrogens is 1. The van der Waals surface area contributed by atoms with Gasteiger partial charge in [-0.3, -0.25) is 4.79 Å². The van der Waals surface area contributed by atoms with Gasteiger partial charge in [0.2, 0.25) is 0 Å². The van der Waals surface area contributed by atoms with Crippen molar-refractivity contribution in [2.75, 3.05) is 14.2 Å². The summed E-state index contributed by atoms with van der Waals surface area (Å²) < 4.78 is 35.8. The van der Waals surface area contributed by atoms with Crippen molar-refractivity contribution < 1.29 is 23.0 Å². The van der Waals surface area contributed by atoms with E-state index in [0.29, 0.717) is 17.1 Å². The summed E-state index contributed by atoms with van der Waals surface area (Å²) in [6.45, 7) is 1.77. The minimum absolute atomic E-state index is 0.0141. The topological polar surface area (TPSA) is 60.5 Å². The largest absolute Gasteiger partial charge is 0.497 e. The lowest BCUT2D eigenvalue weighted by atomic mass is 10.1. The highest BCUT2D eigenvalue weighted by molar-refractivity contribution is 7.99. The van der Waals surface area contributed by atoms with Gasteiger partial charge in [-0.15, -0.1) is 0 Å². The van der Waals surface area contributed by atoms with E-state index in [4.69, 9.17) is 9.47 Å². The summed E-state index contributed by atoms with van der Waals surface area (Å²) >= 11 is 0.240. The number of rotatable bonds is 7. The van der Waals surface area contributed by atoms with E-state index in [9.17, 15) is 13.6 Å². The Balaban J connectivity index is 2.24. The second-order valence-corrected chi connectivity index (χ2v) is 6.02. The zero-order chi connectivity index (χ0) is 18.4. The molecule has 0 unspecified atom stereocenters. The molecule has 0 aliphatic rings. The van der Waals surface area contributed by atoms with Gasteiger partial charge in [0.05, 0.1) is 25.8 Å². The van der Waals surface area contributed by atoms with Gasteiger partial charge < -0.3 is 14.8 Å². The summed E-state index contributed by atoms with van der Waals surface area (Å²) in [7, 11) is 3.07. The minimum Gasteiger partial charge on any atom is -0.497 e. The van der Waals surface area contributed by atoms with E-state index in [0.717, 1.165) is 0 Å². The van der Waals surface area contributed by atoms with Gasteiger partial charge in [0.1, 0.15) is 16.5 Å². The van der Waals surface area contributed by atoms with Crippen LogP contribution in [0.1, 0.15) is 28.9 Å². The number of nitrogens with zero attached hydrogens (tertiary/aromatic N) is 1. The fourth-order valence-electron chi connectivity index (χ4n) is 2.27. The SMILES string of the molecule is COc1ccc(OC)c([C@@H](C)NC(=O)c2cccnc2SC(F)F)c1. The summed E-state index contributed by atoms with van der Waals surface area (Å²) in [5, 5.41) is 2.77. The normalized spacial score (nSPS) is 11.9. The number of methoxy groups -OCH3 is 2. The highest BCUT2D eigenvalue weighted by Crippen LogP contribution is 2.30. The standard InChI is InChI=1S/C17H18F2N2O3S/c1-10(13-9-11(23-2)6-7-14(13)24-3)21-15(22)12-5-4-8-20-16(12)25-17(18)19/h4-10,17H,1-3H3,(H,21,22)/t10-/m1/s1. The summed E-state index contributed by atoms with van der Waals surface area (Å²) in [5.74, 6) is -1.94. The highest BCUT2D eigenvalue weighted by Gasteiger charge is 2.20. The second-order valence-electron chi connectivity index (χ2n) is 5.04. The predicted molar refractivity (Wildman–Crippen MR) is 91.5 cm³/mol. The number of benzene rings is 1. The van der Waals surface area contributed by atoms with E-state index < -0.39 is 17.7 Å². The fraction of sp³-hybridized carbons (Fsp3) is 0.294. The van der Waals surface area contributed by atoms with Crippen LogP contribution in [0.15, 0.2) is 41.6 Å². The molecule has 0 radical (unpaired) electrons. The van der Waals surface area contributed by atoms with Crippen LogP contribution in [0.25, 0.3) is 0 Å². The van der Waals surface area contributed by atoms with Crippen molar-refractivity contribution in [2.24, 2.45) is 0 Å². The lowest BCUT2D eigenvalue weighted by molar-refractivity contribution is 0.0935. The molecule has 1 aromatic carbocycles. The number of halogens is 2. The maximum Gasteiger partial charge on any atom is 0.290 e. The zero-order valence-corrected chi connectivity index (χ0v) is 14.8. The number of thioether (sulfide) groups is 1. The summed E-state index contributed by atoms with van der Waals surface area (Å²) in [6.07, 6.45) is 1.37. The Morgan fingerprint density at radius 3 is 2.64 bits per heavy atom. The van der Waals surface area contributed by atoms with E-state index >= 15 is 0 Å². The van der Waals surface area contributed by atoms with Gasteiger partial charge in [-0.25, -0.2) is 4.98 Å². The van der Waals surface area contributed by atoms with Crippen LogP contribution in [0.5, 0.6) is 11.5 Å². The van der Waals surface area contributed by atoms with Crippen molar-refractivity contribution in [3.05, 3.63) is 47.7 Å². The molecular formula is C17H18F2N2O3S. The second kappa shape index (κ2) is 8.66. The minimum atomic E-state index is -2.66. The lowest BCUT2D eigenvalue weighted by Crippen LogP contribution is -2.27. The third kappa shape index (κ3) is 4.82. The first-order chi connectivity index (χ1) is 12.0. The van der Waals surface area contributed by atoms with Crippen LogP contribution in [0.2, 0.25) is 0 Å². The van der Waals surface area contributed by atoms with Crippen molar-refractivity contribution in [2.45, 2.75) is 23.7 Å². The number of hydrogen-bond donors (Lipinski definition) is 1. The molecule has 0 saturated heterocycles. The molecule has 2 aromatic rings. The Kier molecular flexibility index (Phi) is 6.58. The van der Waals surface area contributed by atoms with Gasteiger partial charge in [0.25, 0.3) is 11.7 Å². The fourth-order valence-corrected chi connectivity index (χ4v) is 2.85. The zero-order valence-electron chi connectivity index (χ0n) is 14.0. The molecule has 0 aliphatic carbocycles. The molecule has 0 saturated carbocycles.